The van der Waals surface area contributed by atoms with E-state index in [0.29, 0.717) is 35.2 Å². The maximum Gasteiger partial charge on any atom is 0.277 e. The smallest absolute Gasteiger partial charge is 0.277 e. The van der Waals surface area contributed by atoms with Crippen LogP contribution in [0.3, 0.4) is 0 Å². The van der Waals surface area contributed by atoms with Gasteiger partial charge in [-0.2, -0.15) is 4.98 Å². The van der Waals surface area contributed by atoms with Crippen LogP contribution in [0.2, 0.25) is 0 Å². The number of unbranched alkanes of at least 4 members (excludes halogenated alkanes) is 8. The third-order valence-electron chi connectivity index (χ3n) is 8.14. The fourth-order valence-electron chi connectivity index (χ4n) is 5.54. The van der Waals surface area contributed by atoms with Crippen LogP contribution in [0.1, 0.15) is 108 Å². The summed E-state index contributed by atoms with van der Waals surface area (Å²) in [5.41, 5.74) is 2.17. The van der Waals surface area contributed by atoms with Crippen LogP contribution in [0.4, 0.5) is 4.39 Å². The van der Waals surface area contributed by atoms with Crippen molar-refractivity contribution >= 4 is 48.5 Å². The third kappa shape index (κ3) is 14.6. The van der Waals surface area contributed by atoms with Crippen LogP contribution < -0.4 is 10.9 Å². The molecule has 0 fully saturated rings. The predicted octanol–water partition coefficient (Wildman–Crippen LogP) is 8.15. The molecule has 0 aliphatic carbocycles. The maximum absolute atomic E-state index is 13.4. The first-order chi connectivity index (χ1) is 22.3. The Hall–Kier alpha value is -2.34. The lowest BCUT2D eigenvalue weighted by molar-refractivity contribution is -0.126. The fourth-order valence-corrected chi connectivity index (χ4v) is 8.15. The number of hydrogen-bond acceptors (Lipinski definition) is 6. The van der Waals surface area contributed by atoms with Gasteiger partial charge in [0.2, 0.25) is 5.91 Å². The van der Waals surface area contributed by atoms with E-state index < -0.39 is 0 Å². The number of nitrogens with zero attached hydrogens (tertiary/aromatic N) is 3. The van der Waals surface area contributed by atoms with Gasteiger partial charge in [-0.3, -0.25) is 14.4 Å². The first kappa shape index (κ1) is 38.1. The van der Waals surface area contributed by atoms with Crippen LogP contribution in [-0.4, -0.2) is 42.0 Å². The minimum absolute atomic E-state index is 0.00920. The van der Waals surface area contributed by atoms with Crippen LogP contribution in [-0.2, 0) is 28.3 Å². The van der Waals surface area contributed by atoms with Gasteiger partial charge >= 0.3 is 0 Å². The van der Waals surface area contributed by atoms with Crippen molar-refractivity contribution < 1.29 is 14.0 Å². The Bertz CT molecular complexity index is 1360. The Balaban J connectivity index is 1.57. The predicted molar refractivity (Wildman–Crippen MR) is 197 cm³/mol. The van der Waals surface area contributed by atoms with Gasteiger partial charge in [-0.15, -0.1) is 0 Å². The van der Waals surface area contributed by atoms with E-state index in [0.717, 1.165) is 43.2 Å². The Labute approximate surface area is 289 Å². The Morgan fingerprint density at radius 1 is 0.978 bits per heavy atom. The highest BCUT2D eigenvalue weighted by Gasteiger charge is 2.17. The number of rotatable bonds is 23. The van der Waals surface area contributed by atoms with Gasteiger partial charge in [0.15, 0.2) is 10.9 Å². The van der Waals surface area contributed by atoms with Gasteiger partial charge < -0.3 is 13.0 Å². The number of ketones is 1. The van der Waals surface area contributed by atoms with E-state index in [-0.39, 0.29) is 57.2 Å². The van der Waals surface area contributed by atoms with Crippen molar-refractivity contribution in [2.24, 2.45) is 5.92 Å². The molecular formula is C36H52FIN4O3S. The number of thioether (sulfide) groups is 1. The molecule has 1 N–H and O–H groups in total. The van der Waals surface area contributed by atoms with Crippen LogP contribution in [0.25, 0.3) is 0 Å². The molecule has 2 aromatic rings. The second kappa shape index (κ2) is 21.5. The number of halogens is 2. The van der Waals surface area contributed by atoms with E-state index in [1.807, 2.05) is 7.05 Å². The van der Waals surface area contributed by atoms with Gasteiger partial charge in [-0.05, 0) is 54.2 Å². The summed E-state index contributed by atoms with van der Waals surface area (Å²) in [4.78, 5) is 43.4. The van der Waals surface area contributed by atoms with Crippen molar-refractivity contribution in [1.82, 2.24) is 18.0 Å². The van der Waals surface area contributed by atoms with Crippen molar-refractivity contribution in [3.63, 3.8) is 0 Å². The number of allylic oxidation sites excluding steroid dienone is 1. The van der Waals surface area contributed by atoms with Gasteiger partial charge in [0, 0.05) is 43.6 Å². The summed E-state index contributed by atoms with van der Waals surface area (Å²) in [5.74, 6) is 0.301. The molecule has 0 radical (unpaired) electrons. The molecule has 0 saturated heterocycles. The summed E-state index contributed by atoms with van der Waals surface area (Å²) >= 11 is 1.12. The topological polar surface area (TPSA) is 84.3 Å². The third-order valence-corrected chi connectivity index (χ3v) is 11.4. The number of carbonyl (C=O) groups is 2. The second-order valence-electron chi connectivity index (χ2n) is 12.3. The summed E-state index contributed by atoms with van der Waals surface area (Å²) in [6.07, 6.45) is 19.3. The van der Waals surface area contributed by atoms with Gasteiger partial charge in [0.25, 0.3) is 5.56 Å². The normalized spacial score (nSPS) is 13.4. The molecule has 2 heterocycles. The molecule has 3 rings (SSSR count). The Morgan fingerprint density at radius 3 is 2.33 bits per heavy atom. The van der Waals surface area contributed by atoms with Crippen molar-refractivity contribution in [1.29, 1.82) is 0 Å². The molecule has 0 saturated carbocycles. The second-order valence-corrected chi connectivity index (χ2v) is 15.9. The number of nitrogens with one attached hydrogen (secondary N) is 1. The largest absolute Gasteiger partial charge is 0.347 e. The zero-order valence-corrected chi connectivity index (χ0v) is 30.8. The Morgan fingerprint density at radius 2 is 1.65 bits per heavy atom. The minimum Gasteiger partial charge on any atom is -0.347 e. The molecule has 1 aliphatic heterocycles. The van der Waals surface area contributed by atoms with Crippen LogP contribution in [0.5, 0.6) is 0 Å². The minimum atomic E-state index is -0.315. The standard InChI is InChI=1S/C36H52FIN4O3S/c1-4-6-8-9-10-11-12-13-15-28(14-7-5-2)21-33(43)23-39-34(44)26-42-25-31(20-30-22-38-41(3)24-30)35(45)40-36(42)46-27-29-16-18-32(37)19-17-29/h16-19,22,24-25,28H,4-15,20-21,23,26-27H2,1-3H3,(H,39,44). The van der Waals surface area contributed by atoms with Crippen molar-refractivity contribution in [3.8, 4) is 0 Å². The van der Waals surface area contributed by atoms with Gasteiger partial charge in [0.05, 0.1) is 6.54 Å². The molecule has 1 unspecified atom stereocenters. The highest BCUT2D eigenvalue weighted by atomic mass is 127. The average molecular weight is 767 g/mol. The number of carbonyl (C=O) groups excluding carboxylic acids is 2. The first-order valence-electron chi connectivity index (χ1n) is 16.9. The number of hydrogen-bond donors (Lipinski definition) is 1. The lowest BCUT2D eigenvalue weighted by atomic mass is 9.90. The number of aromatic nitrogens is 2. The van der Waals surface area contributed by atoms with E-state index in [4.69, 9.17) is 0 Å². The molecule has 1 aromatic heterocycles. The molecule has 1 amide bonds. The van der Waals surface area contributed by atoms with E-state index in [2.05, 4.69) is 37.5 Å². The van der Waals surface area contributed by atoms with E-state index in [9.17, 15) is 18.8 Å². The number of benzene rings is 1. The summed E-state index contributed by atoms with van der Waals surface area (Å²) in [6.45, 7) is 4.38. The molecule has 254 valence electrons. The molecule has 10 heteroatoms. The number of Topliss-reactive ketones (excluding diaryl/α,β-unsaturated/α-hetero) is 1. The summed E-state index contributed by atoms with van der Waals surface area (Å²) in [6, 6.07) is 6.19. The molecule has 46 heavy (non-hydrogen) atoms. The zero-order valence-electron chi connectivity index (χ0n) is 27.9. The van der Waals surface area contributed by atoms with Crippen molar-refractivity contribution in [2.75, 3.05) is 13.6 Å². The highest BCUT2D eigenvalue weighted by Crippen LogP contribution is 2.24. The number of amides is 1. The lowest BCUT2D eigenvalue weighted by Gasteiger charge is -2.17. The van der Waals surface area contributed by atoms with E-state index in [1.54, 1.807) is 22.9 Å². The fraction of sp³-hybridized carbons (Fsp3) is 0.583. The van der Waals surface area contributed by atoms with Crippen molar-refractivity contribution in [2.45, 2.75) is 121 Å². The SMILES string of the molecule is CCCCCCCCCCC(CCCC)CC(=O)CNC(=O)Cn1cc(CC2=CN(C)I=C2)c(=O)nc1SCc1ccc(F)cc1. The quantitative estimate of drug-likeness (QED) is 0.0405. The zero-order chi connectivity index (χ0) is 33.1. The molecule has 7 nitrogen and oxygen atoms in total. The first-order valence-corrected chi connectivity index (χ1v) is 20.1. The summed E-state index contributed by atoms with van der Waals surface area (Å²) in [7, 11) is 2.02. The summed E-state index contributed by atoms with van der Waals surface area (Å²) in [5, 5.41) is 3.24. The van der Waals surface area contributed by atoms with Gasteiger partial charge in [-0.1, -0.05) is 115 Å². The van der Waals surface area contributed by atoms with Gasteiger partial charge in [-0.25, -0.2) is 4.39 Å². The summed E-state index contributed by atoms with van der Waals surface area (Å²) < 4.78 is 19.4. The van der Waals surface area contributed by atoms with Crippen LogP contribution >= 0.6 is 32.8 Å². The average Bonchev–Trinajstić information content (AvgIpc) is 3.45. The van der Waals surface area contributed by atoms with Crippen molar-refractivity contribution in [3.05, 3.63) is 69.5 Å². The van der Waals surface area contributed by atoms with E-state index in [1.165, 1.54) is 68.8 Å². The highest BCUT2D eigenvalue weighted by molar-refractivity contribution is 14.2. The van der Waals surface area contributed by atoms with E-state index >= 15 is 0 Å². The van der Waals surface area contributed by atoms with Crippen LogP contribution in [0, 0.1) is 11.7 Å². The molecule has 0 bridgehead atoms. The molecular weight excluding hydrogens is 714 g/mol. The lowest BCUT2D eigenvalue weighted by Crippen LogP contribution is -2.34. The monoisotopic (exact) mass is 766 g/mol. The van der Waals surface area contributed by atoms with Crippen LogP contribution in [0.15, 0.2) is 52.2 Å². The maximum atomic E-state index is 13.4. The molecule has 1 aliphatic rings. The Kier molecular flexibility index (Phi) is 17.8. The molecule has 0 spiro atoms. The molecule has 1 aromatic carbocycles. The molecule has 1 atom stereocenters. The van der Waals surface area contributed by atoms with Gasteiger partial charge in [0.1, 0.15) is 12.4 Å².